The van der Waals surface area contributed by atoms with Crippen LogP contribution in [-0.4, -0.2) is 16.3 Å². The largest absolute Gasteiger partial charge is 0.311 e. The third-order valence-corrected chi connectivity index (χ3v) is 2.36. The lowest BCUT2D eigenvalue weighted by molar-refractivity contribution is 0.544. The zero-order chi connectivity index (χ0) is 9.84. The van der Waals surface area contributed by atoms with E-state index in [1.807, 2.05) is 17.9 Å². The number of nitrogens with one attached hydrogen (secondary N) is 1. The number of hydrogen-bond donors (Lipinski definition) is 1. The Balaban J connectivity index is 2.40. The first kappa shape index (κ1) is 10.7. The summed E-state index contributed by atoms with van der Waals surface area (Å²) in [5.41, 5.74) is 1.07. The van der Waals surface area contributed by atoms with Crippen molar-refractivity contribution >= 4 is 15.9 Å². The van der Waals surface area contributed by atoms with Crippen molar-refractivity contribution in [1.82, 2.24) is 15.1 Å². The molecule has 0 aliphatic rings. The van der Waals surface area contributed by atoms with Gasteiger partial charge in [0.15, 0.2) is 0 Å². The van der Waals surface area contributed by atoms with E-state index in [0.29, 0.717) is 5.92 Å². The van der Waals surface area contributed by atoms with Gasteiger partial charge in [-0.1, -0.05) is 13.8 Å². The molecule has 0 atom stereocenters. The molecule has 0 aliphatic heterocycles. The van der Waals surface area contributed by atoms with E-state index in [4.69, 9.17) is 0 Å². The SMILES string of the molecule is CC(C)CNCc1nn(C)cc1Br. The molecule has 1 rings (SSSR count). The van der Waals surface area contributed by atoms with Gasteiger partial charge in [-0.3, -0.25) is 4.68 Å². The van der Waals surface area contributed by atoms with Gasteiger partial charge in [0.2, 0.25) is 0 Å². The fraction of sp³-hybridized carbons (Fsp3) is 0.667. The molecule has 0 aromatic carbocycles. The molecule has 0 aliphatic carbocycles. The van der Waals surface area contributed by atoms with Crippen molar-refractivity contribution in [2.75, 3.05) is 6.54 Å². The van der Waals surface area contributed by atoms with Crippen LogP contribution >= 0.6 is 15.9 Å². The van der Waals surface area contributed by atoms with Gasteiger partial charge in [-0.05, 0) is 28.4 Å². The molecule has 0 bridgehead atoms. The molecule has 0 unspecified atom stereocenters. The summed E-state index contributed by atoms with van der Waals surface area (Å²) in [6.45, 7) is 6.25. The number of aryl methyl sites for hydroxylation is 1. The second-order valence-electron chi connectivity index (χ2n) is 3.62. The minimum absolute atomic E-state index is 0.683. The number of aromatic nitrogens is 2. The molecular weight excluding hydrogens is 230 g/mol. The highest BCUT2D eigenvalue weighted by Gasteiger charge is 2.03. The van der Waals surface area contributed by atoms with E-state index < -0.39 is 0 Å². The van der Waals surface area contributed by atoms with Gasteiger partial charge >= 0.3 is 0 Å². The standard InChI is InChI=1S/C9H16BrN3/c1-7(2)4-11-5-9-8(10)6-13(3)12-9/h6-7,11H,4-5H2,1-3H3. The lowest BCUT2D eigenvalue weighted by Gasteiger charge is -2.05. The third kappa shape index (κ3) is 3.48. The first-order valence-corrected chi connectivity index (χ1v) is 5.27. The first-order chi connectivity index (χ1) is 6.09. The molecule has 1 N–H and O–H groups in total. The zero-order valence-electron chi connectivity index (χ0n) is 8.34. The molecule has 0 saturated carbocycles. The lowest BCUT2D eigenvalue weighted by atomic mass is 10.2. The summed E-state index contributed by atoms with van der Waals surface area (Å²) >= 11 is 3.46. The predicted molar refractivity (Wildman–Crippen MR) is 57.5 cm³/mol. The summed E-state index contributed by atoms with van der Waals surface area (Å²) < 4.78 is 2.89. The minimum atomic E-state index is 0.683. The van der Waals surface area contributed by atoms with Crippen LogP contribution in [0.2, 0.25) is 0 Å². The van der Waals surface area contributed by atoms with Crippen LogP contribution in [-0.2, 0) is 13.6 Å². The summed E-state index contributed by atoms with van der Waals surface area (Å²) in [5.74, 6) is 0.683. The van der Waals surface area contributed by atoms with E-state index in [1.54, 1.807) is 0 Å². The van der Waals surface area contributed by atoms with Crippen LogP contribution in [0.4, 0.5) is 0 Å². The molecule has 0 saturated heterocycles. The number of halogens is 1. The summed E-state index contributed by atoms with van der Waals surface area (Å²) in [6, 6.07) is 0. The summed E-state index contributed by atoms with van der Waals surface area (Å²) in [7, 11) is 1.93. The van der Waals surface area contributed by atoms with E-state index in [2.05, 4.69) is 40.2 Å². The van der Waals surface area contributed by atoms with E-state index >= 15 is 0 Å². The highest BCUT2D eigenvalue weighted by Crippen LogP contribution is 2.13. The van der Waals surface area contributed by atoms with Gasteiger partial charge in [0, 0.05) is 19.8 Å². The van der Waals surface area contributed by atoms with Gasteiger partial charge in [0.05, 0.1) is 10.2 Å². The molecule has 0 spiro atoms. The normalized spacial score (nSPS) is 11.2. The smallest absolute Gasteiger partial charge is 0.0904 e. The highest BCUT2D eigenvalue weighted by molar-refractivity contribution is 9.10. The molecule has 1 heterocycles. The van der Waals surface area contributed by atoms with Gasteiger partial charge in [-0.2, -0.15) is 5.10 Å². The highest BCUT2D eigenvalue weighted by atomic mass is 79.9. The molecule has 4 heteroatoms. The van der Waals surface area contributed by atoms with Crippen LogP contribution < -0.4 is 5.32 Å². The minimum Gasteiger partial charge on any atom is -0.311 e. The van der Waals surface area contributed by atoms with Crippen LogP contribution in [0.25, 0.3) is 0 Å². The topological polar surface area (TPSA) is 29.9 Å². The Labute approximate surface area is 87.6 Å². The lowest BCUT2D eigenvalue weighted by Crippen LogP contribution is -2.19. The molecule has 13 heavy (non-hydrogen) atoms. The van der Waals surface area contributed by atoms with Crippen molar-refractivity contribution in [1.29, 1.82) is 0 Å². The quantitative estimate of drug-likeness (QED) is 0.879. The van der Waals surface area contributed by atoms with E-state index in [-0.39, 0.29) is 0 Å². The van der Waals surface area contributed by atoms with Gasteiger partial charge in [-0.15, -0.1) is 0 Å². The van der Waals surface area contributed by atoms with E-state index in [1.165, 1.54) is 0 Å². The molecule has 1 aromatic heterocycles. The molecular formula is C9H16BrN3. The summed E-state index contributed by atoms with van der Waals surface area (Å²) in [4.78, 5) is 0. The molecule has 1 aromatic rings. The Morgan fingerprint density at radius 3 is 2.77 bits per heavy atom. The van der Waals surface area contributed by atoms with Crippen LogP contribution in [0, 0.1) is 5.92 Å². The van der Waals surface area contributed by atoms with Gasteiger partial charge in [-0.25, -0.2) is 0 Å². The first-order valence-electron chi connectivity index (χ1n) is 4.48. The second kappa shape index (κ2) is 4.77. The number of nitrogens with zero attached hydrogens (tertiary/aromatic N) is 2. The van der Waals surface area contributed by atoms with Gasteiger partial charge in [0.25, 0.3) is 0 Å². The van der Waals surface area contributed by atoms with Crippen LogP contribution in [0.15, 0.2) is 10.7 Å². The number of rotatable bonds is 4. The Hall–Kier alpha value is -0.350. The Morgan fingerprint density at radius 2 is 2.31 bits per heavy atom. The zero-order valence-corrected chi connectivity index (χ0v) is 9.93. The van der Waals surface area contributed by atoms with Crippen LogP contribution in [0.5, 0.6) is 0 Å². The maximum atomic E-state index is 4.31. The van der Waals surface area contributed by atoms with Crippen molar-refractivity contribution in [3.8, 4) is 0 Å². The number of hydrogen-bond acceptors (Lipinski definition) is 2. The van der Waals surface area contributed by atoms with Gasteiger partial charge < -0.3 is 5.32 Å². The van der Waals surface area contributed by atoms with Crippen molar-refractivity contribution in [2.24, 2.45) is 13.0 Å². The van der Waals surface area contributed by atoms with Crippen molar-refractivity contribution in [3.05, 3.63) is 16.4 Å². The van der Waals surface area contributed by atoms with Gasteiger partial charge in [0.1, 0.15) is 0 Å². The van der Waals surface area contributed by atoms with Crippen molar-refractivity contribution < 1.29 is 0 Å². The Kier molecular flexibility index (Phi) is 3.93. The Bertz CT molecular complexity index is 268. The monoisotopic (exact) mass is 245 g/mol. The fourth-order valence-electron chi connectivity index (χ4n) is 1.10. The maximum absolute atomic E-state index is 4.31. The maximum Gasteiger partial charge on any atom is 0.0904 e. The average molecular weight is 246 g/mol. The van der Waals surface area contributed by atoms with E-state index in [0.717, 1.165) is 23.3 Å². The fourth-order valence-corrected chi connectivity index (χ4v) is 1.62. The Morgan fingerprint density at radius 1 is 1.62 bits per heavy atom. The molecule has 0 amide bonds. The summed E-state index contributed by atoms with van der Waals surface area (Å²) in [5, 5.41) is 7.66. The average Bonchev–Trinajstić information content (AvgIpc) is 2.29. The molecule has 74 valence electrons. The third-order valence-electron chi connectivity index (χ3n) is 1.70. The van der Waals surface area contributed by atoms with Crippen LogP contribution in [0.3, 0.4) is 0 Å². The van der Waals surface area contributed by atoms with Crippen LogP contribution in [0.1, 0.15) is 19.5 Å². The van der Waals surface area contributed by atoms with Crippen molar-refractivity contribution in [2.45, 2.75) is 20.4 Å². The van der Waals surface area contributed by atoms with Crippen molar-refractivity contribution in [3.63, 3.8) is 0 Å². The molecule has 0 radical (unpaired) electrons. The summed E-state index contributed by atoms with van der Waals surface area (Å²) in [6.07, 6.45) is 1.96. The molecule has 0 fully saturated rings. The molecule has 3 nitrogen and oxygen atoms in total. The predicted octanol–water partition coefficient (Wildman–Crippen LogP) is 1.93. The van der Waals surface area contributed by atoms with E-state index in [9.17, 15) is 0 Å². The second-order valence-corrected chi connectivity index (χ2v) is 4.48.